The lowest BCUT2D eigenvalue weighted by Gasteiger charge is -2.31. The molecule has 3 heterocycles. The van der Waals surface area contributed by atoms with Crippen LogP contribution in [0.3, 0.4) is 0 Å². The molecule has 4 amide bonds. The van der Waals surface area contributed by atoms with E-state index in [1.807, 2.05) is 54.6 Å². The van der Waals surface area contributed by atoms with Gasteiger partial charge in [-0.1, -0.05) is 48.5 Å². The molecule has 5 rings (SSSR count). The minimum absolute atomic E-state index is 0.218. The Labute approximate surface area is 154 Å². The Morgan fingerprint density at radius 2 is 1.77 bits per heavy atom. The molecule has 7 heteroatoms. The number of anilines is 1. The van der Waals surface area contributed by atoms with Crippen LogP contribution in [0.25, 0.3) is 0 Å². The van der Waals surface area contributed by atoms with E-state index < -0.39 is 16.9 Å². The van der Waals surface area contributed by atoms with Crippen LogP contribution in [-0.4, -0.2) is 39.4 Å². The predicted molar refractivity (Wildman–Crippen MR) is 97.2 cm³/mol. The number of nitrogens with one attached hydrogen (secondary N) is 1. The molecule has 3 aliphatic rings. The van der Waals surface area contributed by atoms with Crippen LogP contribution in [0.15, 0.2) is 54.6 Å². The molecule has 3 aliphatic heterocycles. The summed E-state index contributed by atoms with van der Waals surface area (Å²) >= 11 is 1.36. The summed E-state index contributed by atoms with van der Waals surface area (Å²) in [5.74, 6) is -0.0771. The average molecular weight is 365 g/mol. The zero-order chi connectivity index (χ0) is 17.9. The highest BCUT2D eigenvalue weighted by Crippen LogP contribution is 2.55. The maximum Gasteiger partial charge on any atom is 0.329 e. The van der Waals surface area contributed by atoms with Gasteiger partial charge in [-0.15, -0.1) is 11.8 Å². The highest BCUT2D eigenvalue weighted by atomic mass is 32.2. The second-order valence-electron chi connectivity index (χ2n) is 6.53. The number of amides is 4. The molecule has 1 spiro atoms. The van der Waals surface area contributed by atoms with Gasteiger partial charge in [-0.2, -0.15) is 0 Å². The Balaban J connectivity index is 1.55. The highest BCUT2D eigenvalue weighted by molar-refractivity contribution is 8.01. The van der Waals surface area contributed by atoms with Crippen LogP contribution in [0.2, 0.25) is 0 Å². The fourth-order valence-electron chi connectivity index (χ4n) is 3.93. The first-order valence-electron chi connectivity index (χ1n) is 8.36. The van der Waals surface area contributed by atoms with Gasteiger partial charge < -0.3 is 5.32 Å². The van der Waals surface area contributed by atoms with Gasteiger partial charge in [-0.3, -0.25) is 19.4 Å². The number of hydrogen-bond donors (Lipinski definition) is 1. The van der Waals surface area contributed by atoms with Gasteiger partial charge in [-0.05, 0) is 11.6 Å². The van der Waals surface area contributed by atoms with E-state index in [4.69, 9.17) is 0 Å². The molecular formula is C19H15N3O3S. The molecule has 0 bridgehead atoms. The number of carbonyl (C=O) groups is 3. The first-order valence-corrected chi connectivity index (χ1v) is 9.35. The summed E-state index contributed by atoms with van der Waals surface area (Å²) in [5.41, 5.74) is 2.33. The lowest BCUT2D eigenvalue weighted by Crippen LogP contribution is -2.49. The number of imide groups is 1. The van der Waals surface area contributed by atoms with E-state index in [9.17, 15) is 14.4 Å². The summed E-state index contributed by atoms with van der Waals surface area (Å²) in [6, 6.07) is 15.7. The summed E-state index contributed by atoms with van der Waals surface area (Å²) < 4.78 is 0. The van der Waals surface area contributed by atoms with Crippen molar-refractivity contribution in [1.29, 1.82) is 0 Å². The van der Waals surface area contributed by atoms with Crippen LogP contribution in [0, 0.1) is 0 Å². The first kappa shape index (κ1) is 15.5. The average Bonchev–Trinajstić information content (AvgIpc) is 3.26. The monoisotopic (exact) mass is 365 g/mol. The van der Waals surface area contributed by atoms with Crippen molar-refractivity contribution >= 4 is 35.3 Å². The van der Waals surface area contributed by atoms with Crippen molar-refractivity contribution in [2.24, 2.45) is 0 Å². The van der Waals surface area contributed by atoms with Crippen molar-refractivity contribution in [3.8, 4) is 0 Å². The van der Waals surface area contributed by atoms with Crippen LogP contribution >= 0.6 is 11.8 Å². The fourth-order valence-corrected chi connectivity index (χ4v) is 5.48. The topological polar surface area (TPSA) is 69.7 Å². The number of fused-ring (bicyclic) bond motifs is 4. The smallest absolute Gasteiger partial charge is 0.323 e. The lowest BCUT2D eigenvalue weighted by molar-refractivity contribution is -0.128. The number of urea groups is 1. The zero-order valence-electron chi connectivity index (χ0n) is 13.7. The number of hydrogen-bond acceptors (Lipinski definition) is 4. The minimum Gasteiger partial charge on any atom is -0.323 e. The predicted octanol–water partition coefficient (Wildman–Crippen LogP) is 2.37. The van der Waals surface area contributed by atoms with Crippen molar-refractivity contribution in [1.82, 2.24) is 9.80 Å². The van der Waals surface area contributed by atoms with E-state index in [0.717, 1.165) is 11.1 Å². The summed E-state index contributed by atoms with van der Waals surface area (Å²) in [7, 11) is 0. The van der Waals surface area contributed by atoms with Crippen LogP contribution in [0.5, 0.6) is 0 Å². The molecule has 0 radical (unpaired) electrons. The number of carbonyl (C=O) groups excluding carboxylic acids is 3. The standard InChI is InChI=1S/C19H15N3O3S/c23-16-15-11-26-19(13-8-4-5-9-14(13)20-17(19)24)22(15)18(25)21(16)10-12-6-2-1-3-7-12/h1-9,15H,10-11H2,(H,20,24)/t15-,19+/m0/s1. The first-order chi connectivity index (χ1) is 12.6. The van der Waals surface area contributed by atoms with Gasteiger partial charge >= 0.3 is 6.03 Å². The highest BCUT2D eigenvalue weighted by Gasteiger charge is 2.65. The van der Waals surface area contributed by atoms with E-state index >= 15 is 0 Å². The van der Waals surface area contributed by atoms with Gasteiger partial charge in [0.2, 0.25) is 0 Å². The largest absolute Gasteiger partial charge is 0.329 e. The quantitative estimate of drug-likeness (QED) is 0.830. The minimum atomic E-state index is -1.15. The summed E-state index contributed by atoms with van der Waals surface area (Å²) in [6.45, 7) is 0.218. The van der Waals surface area contributed by atoms with Gasteiger partial charge in [0.15, 0.2) is 4.87 Å². The Kier molecular flexibility index (Phi) is 3.18. The summed E-state index contributed by atoms with van der Waals surface area (Å²) in [6.07, 6.45) is 0. The van der Waals surface area contributed by atoms with Crippen LogP contribution < -0.4 is 5.32 Å². The molecule has 2 aromatic carbocycles. The van der Waals surface area contributed by atoms with Crippen LogP contribution in [0.1, 0.15) is 11.1 Å². The van der Waals surface area contributed by atoms with E-state index in [2.05, 4.69) is 5.32 Å². The number of benzene rings is 2. The van der Waals surface area contributed by atoms with Gasteiger partial charge in [0.1, 0.15) is 6.04 Å². The molecule has 0 aromatic heterocycles. The third-order valence-electron chi connectivity index (χ3n) is 5.12. The Bertz CT molecular complexity index is 948. The molecule has 2 fully saturated rings. The van der Waals surface area contributed by atoms with E-state index in [-0.39, 0.29) is 18.4 Å². The molecule has 0 saturated carbocycles. The second-order valence-corrected chi connectivity index (χ2v) is 7.75. The van der Waals surface area contributed by atoms with E-state index in [1.54, 1.807) is 0 Å². The Morgan fingerprint density at radius 1 is 1.04 bits per heavy atom. The third-order valence-corrected chi connectivity index (χ3v) is 6.62. The van der Waals surface area contributed by atoms with Gasteiger partial charge in [0.25, 0.3) is 11.8 Å². The summed E-state index contributed by atoms with van der Waals surface area (Å²) in [5, 5.41) is 2.86. The molecule has 130 valence electrons. The molecule has 2 aromatic rings. The van der Waals surface area contributed by atoms with Crippen molar-refractivity contribution in [2.45, 2.75) is 17.5 Å². The number of para-hydroxylation sites is 1. The third kappa shape index (κ3) is 1.86. The SMILES string of the molecule is O=C1[C@@H]2CS[C@]3(C(=O)Nc4ccccc43)N2C(=O)N1Cc1ccccc1. The molecule has 0 unspecified atom stereocenters. The van der Waals surface area contributed by atoms with Crippen molar-refractivity contribution in [3.63, 3.8) is 0 Å². The maximum absolute atomic E-state index is 13.2. The van der Waals surface area contributed by atoms with Gasteiger partial charge in [0, 0.05) is 17.0 Å². The molecule has 2 atom stereocenters. The molecule has 1 N–H and O–H groups in total. The van der Waals surface area contributed by atoms with E-state index in [1.165, 1.54) is 21.6 Å². The Morgan fingerprint density at radius 3 is 2.58 bits per heavy atom. The van der Waals surface area contributed by atoms with E-state index in [0.29, 0.717) is 11.4 Å². The Hall–Kier alpha value is -2.80. The molecule has 0 aliphatic carbocycles. The normalized spacial score (nSPS) is 26.5. The second kappa shape index (κ2) is 5.35. The molecular weight excluding hydrogens is 350 g/mol. The van der Waals surface area contributed by atoms with Crippen molar-refractivity contribution in [2.75, 3.05) is 11.1 Å². The van der Waals surface area contributed by atoms with Crippen molar-refractivity contribution < 1.29 is 14.4 Å². The van der Waals surface area contributed by atoms with Gasteiger partial charge in [0.05, 0.1) is 6.54 Å². The molecule has 2 saturated heterocycles. The molecule has 6 nitrogen and oxygen atoms in total. The van der Waals surface area contributed by atoms with Crippen LogP contribution in [-0.2, 0) is 21.0 Å². The summed E-state index contributed by atoms with van der Waals surface area (Å²) in [4.78, 5) is 40.5. The number of rotatable bonds is 2. The number of thioether (sulfide) groups is 1. The van der Waals surface area contributed by atoms with Crippen LogP contribution in [0.4, 0.5) is 10.5 Å². The maximum atomic E-state index is 13.2. The lowest BCUT2D eigenvalue weighted by atomic mass is 10.1. The molecule has 26 heavy (non-hydrogen) atoms. The van der Waals surface area contributed by atoms with Gasteiger partial charge in [-0.25, -0.2) is 4.79 Å². The fraction of sp³-hybridized carbons (Fsp3) is 0.211. The zero-order valence-corrected chi connectivity index (χ0v) is 14.5. The van der Waals surface area contributed by atoms with Crippen molar-refractivity contribution in [3.05, 3.63) is 65.7 Å². The number of nitrogens with zero attached hydrogens (tertiary/aromatic N) is 2.